The Bertz CT molecular complexity index is 1450. The number of imidazole rings is 1. The number of nitrogens with zero attached hydrogens (tertiary/aromatic N) is 1. The summed E-state index contributed by atoms with van der Waals surface area (Å²) in [7, 11) is -3.82. The van der Waals surface area contributed by atoms with Gasteiger partial charge in [-0.1, -0.05) is 43.3 Å². The Morgan fingerprint density at radius 1 is 1.12 bits per heavy atom. The Morgan fingerprint density at radius 2 is 1.88 bits per heavy atom. The standard InChI is InChI=1S/C27H31N5O7S/c1-3-17(2)40(36,37)32-39-26(35)20(13-18-7-5-4-6-8-18)14-19-9-10-22-21(15-19)30-25(34)23(38-22)16-24(33)31-27-28-11-12-29-27/h4-12,15,17,20,23,32H,3,13-14,16H2,1-2H3,(H,30,34)(H2,28,29,31,33)/t17?,20?,23-/m0/s1. The molecule has 0 radical (unpaired) electrons. The Labute approximate surface area is 231 Å². The third-order valence-corrected chi connectivity index (χ3v) is 8.20. The maximum absolute atomic E-state index is 13.0. The van der Waals surface area contributed by atoms with Crippen LogP contribution in [-0.2, 0) is 42.1 Å². The summed E-state index contributed by atoms with van der Waals surface area (Å²) >= 11 is 0. The molecule has 0 aliphatic carbocycles. The predicted octanol–water partition coefficient (Wildman–Crippen LogP) is 2.72. The van der Waals surface area contributed by atoms with Crippen LogP contribution in [0.4, 0.5) is 11.6 Å². The number of ether oxygens (including phenoxy) is 1. The van der Waals surface area contributed by atoms with Crippen molar-refractivity contribution in [1.29, 1.82) is 0 Å². The minimum atomic E-state index is -3.82. The van der Waals surface area contributed by atoms with Crippen LogP contribution in [0.15, 0.2) is 60.9 Å². The van der Waals surface area contributed by atoms with Crippen molar-refractivity contribution >= 4 is 39.4 Å². The van der Waals surface area contributed by atoms with Gasteiger partial charge in [0.25, 0.3) is 5.91 Å². The summed E-state index contributed by atoms with van der Waals surface area (Å²) in [6.07, 6.45) is 2.66. The molecule has 2 aromatic carbocycles. The van der Waals surface area contributed by atoms with E-state index in [1.165, 1.54) is 13.1 Å². The smallest absolute Gasteiger partial charge is 0.329 e. The van der Waals surface area contributed by atoms with Gasteiger partial charge in [-0.2, -0.15) is 0 Å². The van der Waals surface area contributed by atoms with E-state index in [-0.39, 0.29) is 18.8 Å². The molecule has 40 heavy (non-hydrogen) atoms. The monoisotopic (exact) mass is 569 g/mol. The first kappa shape index (κ1) is 28.8. The Kier molecular flexibility index (Phi) is 9.17. The third-order valence-electron chi connectivity index (χ3n) is 6.49. The number of rotatable bonds is 12. The Morgan fingerprint density at radius 3 is 2.58 bits per heavy atom. The number of benzene rings is 2. The van der Waals surface area contributed by atoms with Crippen LogP contribution in [0.1, 0.15) is 37.8 Å². The van der Waals surface area contributed by atoms with Crippen molar-refractivity contribution in [3.05, 3.63) is 72.1 Å². The van der Waals surface area contributed by atoms with Gasteiger partial charge in [-0.15, -0.1) is 0 Å². The average Bonchev–Trinajstić information content (AvgIpc) is 3.45. The van der Waals surface area contributed by atoms with Gasteiger partial charge < -0.3 is 19.9 Å². The number of fused-ring (bicyclic) bond motifs is 1. The largest absolute Gasteiger partial charge is 0.478 e. The molecule has 0 saturated heterocycles. The van der Waals surface area contributed by atoms with E-state index < -0.39 is 45.1 Å². The number of amides is 2. The van der Waals surface area contributed by atoms with Gasteiger partial charge in [0.2, 0.25) is 21.9 Å². The van der Waals surface area contributed by atoms with Crippen LogP contribution in [0.3, 0.4) is 0 Å². The van der Waals surface area contributed by atoms with Crippen molar-refractivity contribution in [3.8, 4) is 5.75 Å². The molecule has 1 aliphatic rings. The SMILES string of the molecule is CCC(C)S(=O)(=O)NOC(=O)C(Cc1ccccc1)Cc1ccc2c(c1)NC(=O)[C@H](CC(=O)Nc1ncc[nH]1)O2. The molecular weight excluding hydrogens is 538 g/mol. The molecule has 13 heteroatoms. The molecule has 0 bridgehead atoms. The lowest BCUT2D eigenvalue weighted by Gasteiger charge is -2.26. The van der Waals surface area contributed by atoms with Crippen molar-refractivity contribution in [2.75, 3.05) is 10.6 Å². The van der Waals surface area contributed by atoms with Gasteiger partial charge in [0.1, 0.15) is 5.75 Å². The molecule has 2 amide bonds. The summed E-state index contributed by atoms with van der Waals surface area (Å²) < 4.78 is 30.4. The van der Waals surface area contributed by atoms with E-state index >= 15 is 0 Å². The topological polar surface area (TPSA) is 169 Å². The van der Waals surface area contributed by atoms with Crippen LogP contribution in [0.5, 0.6) is 5.75 Å². The first-order valence-corrected chi connectivity index (χ1v) is 14.3. The van der Waals surface area contributed by atoms with E-state index in [9.17, 15) is 22.8 Å². The number of aromatic nitrogens is 2. The fraction of sp³-hybridized carbons (Fsp3) is 0.333. The number of anilines is 2. The molecule has 12 nitrogen and oxygen atoms in total. The molecule has 2 unspecified atom stereocenters. The average molecular weight is 570 g/mol. The van der Waals surface area contributed by atoms with Gasteiger partial charge in [-0.3, -0.25) is 14.9 Å². The number of aromatic amines is 1. The molecule has 0 spiro atoms. The van der Waals surface area contributed by atoms with Crippen molar-refractivity contribution < 1.29 is 32.4 Å². The summed E-state index contributed by atoms with van der Waals surface area (Å²) in [5.74, 6) is -1.74. The van der Waals surface area contributed by atoms with Gasteiger partial charge in [-0.05, 0) is 54.3 Å². The number of carbonyl (C=O) groups excluding carboxylic acids is 3. The Hall–Kier alpha value is -4.23. The quantitative estimate of drug-likeness (QED) is 0.241. The van der Waals surface area contributed by atoms with Crippen molar-refractivity contribution in [3.63, 3.8) is 0 Å². The predicted molar refractivity (Wildman–Crippen MR) is 147 cm³/mol. The second kappa shape index (κ2) is 12.7. The highest BCUT2D eigenvalue weighted by molar-refractivity contribution is 7.89. The van der Waals surface area contributed by atoms with Crippen LogP contribution >= 0.6 is 0 Å². The third kappa shape index (κ3) is 7.45. The number of nitrogens with one attached hydrogen (secondary N) is 4. The van der Waals surface area contributed by atoms with Gasteiger partial charge in [-0.25, -0.2) is 18.2 Å². The molecule has 3 aromatic rings. The minimum Gasteiger partial charge on any atom is -0.478 e. The van der Waals surface area contributed by atoms with E-state index in [1.807, 2.05) is 35.2 Å². The van der Waals surface area contributed by atoms with E-state index in [0.29, 0.717) is 29.8 Å². The maximum Gasteiger partial charge on any atom is 0.329 e. The molecule has 4 rings (SSSR count). The summed E-state index contributed by atoms with van der Waals surface area (Å²) in [4.78, 5) is 51.6. The summed E-state index contributed by atoms with van der Waals surface area (Å²) in [6, 6.07) is 14.4. The number of H-pyrrole nitrogens is 1. The normalized spacial score (nSPS) is 16.1. The van der Waals surface area contributed by atoms with Crippen LogP contribution < -0.4 is 20.3 Å². The zero-order valence-electron chi connectivity index (χ0n) is 22.0. The summed E-state index contributed by atoms with van der Waals surface area (Å²) in [5, 5.41) is 4.58. The van der Waals surface area contributed by atoms with E-state index in [1.54, 1.807) is 31.3 Å². The molecule has 212 valence electrons. The zero-order valence-corrected chi connectivity index (χ0v) is 22.9. The minimum absolute atomic E-state index is 0.205. The number of sulfonamides is 1. The van der Waals surface area contributed by atoms with Crippen LogP contribution in [0, 0.1) is 5.92 Å². The van der Waals surface area contributed by atoms with Crippen molar-refractivity contribution in [1.82, 2.24) is 14.9 Å². The highest BCUT2D eigenvalue weighted by atomic mass is 32.2. The maximum atomic E-state index is 13.0. The molecule has 3 atom stereocenters. The first-order chi connectivity index (χ1) is 19.1. The van der Waals surface area contributed by atoms with Gasteiger partial charge >= 0.3 is 5.97 Å². The molecule has 4 N–H and O–H groups in total. The fourth-order valence-corrected chi connectivity index (χ4v) is 4.85. The molecule has 1 aliphatic heterocycles. The van der Waals surface area contributed by atoms with E-state index in [0.717, 1.165) is 5.56 Å². The Balaban J connectivity index is 1.45. The lowest BCUT2D eigenvalue weighted by molar-refractivity contribution is -0.152. The van der Waals surface area contributed by atoms with Gasteiger partial charge in [0, 0.05) is 12.4 Å². The van der Waals surface area contributed by atoms with E-state index in [4.69, 9.17) is 9.57 Å². The number of carbonyl (C=O) groups is 3. The molecular formula is C27H31N5O7S. The number of hydrogen-bond donors (Lipinski definition) is 4. The number of hydrogen-bond acceptors (Lipinski definition) is 8. The lowest BCUT2D eigenvalue weighted by atomic mass is 9.92. The molecule has 2 heterocycles. The van der Waals surface area contributed by atoms with E-state index in [2.05, 4.69) is 20.6 Å². The van der Waals surface area contributed by atoms with Crippen molar-refractivity contribution in [2.24, 2.45) is 5.92 Å². The van der Waals surface area contributed by atoms with Crippen LogP contribution in [-0.4, -0.2) is 47.5 Å². The molecule has 0 fully saturated rings. The van der Waals surface area contributed by atoms with Crippen molar-refractivity contribution in [2.45, 2.75) is 50.9 Å². The summed E-state index contributed by atoms with van der Waals surface area (Å²) in [6.45, 7) is 3.25. The fourth-order valence-electron chi connectivity index (χ4n) is 4.05. The zero-order chi connectivity index (χ0) is 28.7. The second-order valence-corrected chi connectivity index (χ2v) is 11.5. The van der Waals surface area contributed by atoms with Crippen LogP contribution in [0.2, 0.25) is 0 Å². The summed E-state index contributed by atoms with van der Waals surface area (Å²) in [5.41, 5.74) is 1.97. The first-order valence-electron chi connectivity index (χ1n) is 12.8. The second-order valence-electron chi connectivity index (χ2n) is 9.48. The molecule has 1 aromatic heterocycles. The van der Waals surface area contributed by atoms with Gasteiger partial charge in [0.05, 0.1) is 23.3 Å². The lowest BCUT2D eigenvalue weighted by Crippen LogP contribution is -2.39. The van der Waals surface area contributed by atoms with Gasteiger partial charge in [0.15, 0.2) is 6.10 Å². The highest BCUT2D eigenvalue weighted by Crippen LogP contribution is 2.32. The molecule has 0 saturated carbocycles. The van der Waals surface area contributed by atoms with Crippen LogP contribution in [0.25, 0.3) is 0 Å². The highest BCUT2D eigenvalue weighted by Gasteiger charge is 2.31.